The van der Waals surface area contributed by atoms with Crippen LogP contribution in [0.15, 0.2) is 6.07 Å². The predicted octanol–water partition coefficient (Wildman–Crippen LogP) is 1.67. The van der Waals surface area contributed by atoms with Gasteiger partial charge < -0.3 is 4.57 Å². The summed E-state index contributed by atoms with van der Waals surface area (Å²) >= 11 is 5.08. The van der Waals surface area contributed by atoms with Crippen LogP contribution in [0.3, 0.4) is 0 Å². The maximum absolute atomic E-state index is 5.08. The van der Waals surface area contributed by atoms with Gasteiger partial charge in [-0.25, -0.2) is 0 Å². The molecular weight excluding hydrogens is 210 g/mol. The van der Waals surface area contributed by atoms with Crippen LogP contribution in [0, 0.1) is 11.7 Å². The van der Waals surface area contributed by atoms with Gasteiger partial charge in [0.2, 0.25) is 0 Å². The number of hydrogen-bond acceptors (Lipinski definition) is 3. The summed E-state index contributed by atoms with van der Waals surface area (Å²) in [7, 11) is 1.89. The van der Waals surface area contributed by atoms with E-state index in [1.807, 2.05) is 29.3 Å². The summed E-state index contributed by atoms with van der Waals surface area (Å²) in [5, 5.41) is 11.3. The third-order valence-corrected chi connectivity index (χ3v) is 2.68. The molecule has 2 rings (SSSR count). The van der Waals surface area contributed by atoms with Crippen LogP contribution >= 0.6 is 12.2 Å². The van der Waals surface area contributed by atoms with Crippen LogP contribution in [-0.4, -0.2) is 24.5 Å². The number of nitrogens with zero attached hydrogens (tertiary/aromatic N) is 4. The molecule has 2 aromatic heterocycles. The summed E-state index contributed by atoms with van der Waals surface area (Å²) in [6.07, 6.45) is 0. The van der Waals surface area contributed by atoms with Gasteiger partial charge in [0.05, 0.1) is 5.69 Å². The minimum absolute atomic E-state index is 0.617. The lowest BCUT2D eigenvalue weighted by molar-refractivity contribution is 0.654. The van der Waals surface area contributed by atoms with E-state index in [-0.39, 0.29) is 0 Å². The molecule has 0 aliphatic rings. The van der Waals surface area contributed by atoms with E-state index < -0.39 is 0 Å². The molecule has 0 saturated carbocycles. The SMILES string of the molecule is CCn1nc(C)cc1-c1n[nH]c(=S)n1C. The highest BCUT2D eigenvalue weighted by atomic mass is 32.1. The van der Waals surface area contributed by atoms with Crippen molar-refractivity contribution in [3.05, 3.63) is 16.5 Å². The molecule has 0 aliphatic carbocycles. The van der Waals surface area contributed by atoms with E-state index in [1.54, 1.807) is 0 Å². The molecule has 1 N–H and O–H groups in total. The van der Waals surface area contributed by atoms with Crippen molar-refractivity contribution < 1.29 is 0 Å². The summed E-state index contributed by atoms with van der Waals surface area (Å²) in [5.41, 5.74) is 1.98. The second kappa shape index (κ2) is 3.62. The molecule has 0 amide bonds. The predicted molar refractivity (Wildman–Crippen MR) is 60.0 cm³/mol. The highest BCUT2D eigenvalue weighted by Crippen LogP contribution is 2.17. The molecule has 0 spiro atoms. The van der Waals surface area contributed by atoms with Crippen LogP contribution in [0.25, 0.3) is 11.5 Å². The fourth-order valence-electron chi connectivity index (χ4n) is 1.54. The molecule has 15 heavy (non-hydrogen) atoms. The number of aromatic nitrogens is 5. The highest BCUT2D eigenvalue weighted by Gasteiger charge is 2.11. The largest absolute Gasteiger partial charge is 0.302 e. The zero-order chi connectivity index (χ0) is 11.0. The molecule has 0 unspecified atom stereocenters. The van der Waals surface area contributed by atoms with Gasteiger partial charge >= 0.3 is 0 Å². The van der Waals surface area contributed by atoms with Crippen LogP contribution in [0.1, 0.15) is 12.6 Å². The van der Waals surface area contributed by atoms with Gasteiger partial charge in [0, 0.05) is 13.6 Å². The maximum atomic E-state index is 5.08. The molecule has 80 valence electrons. The lowest BCUT2D eigenvalue weighted by Gasteiger charge is -2.02. The van der Waals surface area contributed by atoms with Gasteiger partial charge in [0.25, 0.3) is 0 Å². The van der Waals surface area contributed by atoms with Gasteiger partial charge in [-0.1, -0.05) is 0 Å². The van der Waals surface area contributed by atoms with Crippen molar-refractivity contribution in [2.75, 3.05) is 0 Å². The Morgan fingerprint density at radius 2 is 2.27 bits per heavy atom. The third kappa shape index (κ3) is 1.61. The summed E-state index contributed by atoms with van der Waals surface area (Å²) < 4.78 is 4.38. The molecule has 0 aromatic carbocycles. The van der Waals surface area contributed by atoms with E-state index in [4.69, 9.17) is 12.2 Å². The van der Waals surface area contributed by atoms with Crippen molar-refractivity contribution in [3.8, 4) is 11.5 Å². The molecule has 2 heterocycles. The Kier molecular flexibility index (Phi) is 2.44. The number of aryl methyl sites for hydroxylation is 2. The van der Waals surface area contributed by atoms with Gasteiger partial charge in [-0.05, 0) is 32.1 Å². The quantitative estimate of drug-likeness (QED) is 0.788. The van der Waals surface area contributed by atoms with Crippen molar-refractivity contribution >= 4 is 12.2 Å². The molecule has 0 fully saturated rings. The van der Waals surface area contributed by atoms with E-state index in [2.05, 4.69) is 22.2 Å². The van der Waals surface area contributed by atoms with Crippen molar-refractivity contribution in [2.24, 2.45) is 7.05 Å². The first-order valence-electron chi connectivity index (χ1n) is 4.79. The summed E-state index contributed by atoms with van der Waals surface area (Å²) in [6.45, 7) is 4.84. The van der Waals surface area contributed by atoms with Gasteiger partial charge in [0.1, 0.15) is 5.69 Å². The zero-order valence-electron chi connectivity index (χ0n) is 8.98. The smallest absolute Gasteiger partial charge is 0.195 e. The van der Waals surface area contributed by atoms with Gasteiger partial charge in [-0.15, -0.1) is 0 Å². The maximum Gasteiger partial charge on any atom is 0.195 e. The first-order chi connectivity index (χ1) is 7.13. The van der Waals surface area contributed by atoms with Crippen LogP contribution in [0.2, 0.25) is 0 Å². The third-order valence-electron chi connectivity index (χ3n) is 2.31. The average Bonchev–Trinajstić information content (AvgIpc) is 2.72. The van der Waals surface area contributed by atoms with Crippen molar-refractivity contribution in [1.82, 2.24) is 24.5 Å². The highest BCUT2D eigenvalue weighted by molar-refractivity contribution is 7.71. The first kappa shape index (κ1) is 10.1. The minimum atomic E-state index is 0.617. The number of H-pyrrole nitrogens is 1. The number of aromatic amines is 1. The molecule has 0 atom stereocenters. The summed E-state index contributed by atoms with van der Waals surface area (Å²) in [6, 6.07) is 2.01. The van der Waals surface area contributed by atoms with Crippen LogP contribution < -0.4 is 0 Å². The first-order valence-corrected chi connectivity index (χ1v) is 5.20. The minimum Gasteiger partial charge on any atom is -0.302 e. The molecule has 0 radical (unpaired) electrons. The fraction of sp³-hybridized carbons (Fsp3) is 0.444. The topological polar surface area (TPSA) is 51.4 Å². The van der Waals surface area contributed by atoms with E-state index in [1.165, 1.54) is 0 Å². The Bertz CT molecular complexity index is 533. The van der Waals surface area contributed by atoms with Crippen LogP contribution in [-0.2, 0) is 13.6 Å². The van der Waals surface area contributed by atoms with Gasteiger partial charge in [0.15, 0.2) is 10.6 Å². The molecule has 5 nitrogen and oxygen atoms in total. The van der Waals surface area contributed by atoms with Gasteiger partial charge in [-0.2, -0.15) is 10.2 Å². The van der Waals surface area contributed by atoms with Crippen molar-refractivity contribution in [2.45, 2.75) is 20.4 Å². The van der Waals surface area contributed by atoms with Crippen molar-refractivity contribution in [3.63, 3.8) is 0 Å². The molecule has 0 saturated heterocycles. The standard InChI is InChI=1S/C9H13N5S/c1-4-14-7(5-6(2)12-14)8-10-11-9(15)13(8)3/h5H,4H2,1-3H3,(H,11,15). The van der Waals surface area contributed by atoms with Crippen LogP contribution in [0.4, 0.5) is 0 Å². The number of hydrogen-bond donors (Lipinski definition) is 1. The lowest BCUT2D eigenvalue weighted by Crippen LogP contribution is -2.02. The Balaban J connectivity index is 2.62. The van der Waals surface area contributed by atoms with Crippen LogP contribution in [0.5, 0.6) is 0 Å². The fourth-order valence-corrected chi connectivity index (χ4v) is 1.67. The number of nitrogens with one attached hydrogen (secondary N) is 1. The Morgan fingerprint density at radius 3 is 2.80 bits per heavy atom. The van der Waals surface area contributed by atoms with E-state index in [0.29, 0.717) is 4.77 Å². The van der Waals surface area contributed by atoms with Crippen molar-refractivity contribution in [1.29, 1.82) is 0 Å². The molecular formula is C9H13N5S. The average molecular weight is 223 g/mol. The molecule has 2 aromatic rings. The molecule has 0 aliphatic heterocycles. The second-order valence-corrected chi connectivity index (χ2v) is 3.78. The Labute approximate surface area is 92.7 Å². The zero-order valence-corrected chi connectivity index (χ0v) is 9.80. The molecule has 6 heteroatoms. The summed E-state index contributed by atoms with van der Waals surface area (Å²) in [5.74, 6) is 0.822. The normalized spacial score (nSPS) is 10.9. The number of rotatable bonds is 2. The molecule has 0 bridgehead atoms. The van der Waals surface area contributed by atoms with E-state index >= 15 is 0 Å². The van der Waals surface area contributed by atoms with E-state index in [0.717, 1.165) is 23.8 Å². The second-order valence-electron chi connectivity index (χ2n) is 3.40. The summed E-state index contributed by atoms with van der Waals surface area (Å²) in [4.78, 5) is 0. The van der Waals surface area contributed by atoms with Gasteiger partial charge in [-0.3, -0.25) is 9.78 Å². The van der Waals surface area contributed by atoms with E-state index in [9.17, 15) is 0 Å². The Morgan fingerprint density at radius 1 is 1.53 bits per heavy atom. The Hall–Kier alpha value is -1.43. The lowest BCUT2D eigenvalue weighted by atomic mass is 10.3. The monoisotopic (exact) mass is 223 g/mol.